The zero-order valence-corrected chi connectivity index (χ0v) is 15.3. The van der Waals surface area contributed by atoms with Gasteiger partial charge in [0.05, 0.1) is 13.7 Å². The molecule has 0 aliphatic carbocycles. The van der Waals surface area contributed by atoms with E-state index in [1.807, 2.05) is 12.4 Å². The van der Waals surface area contributed by atoms with Gasteiger partial charge in [-0.2, -0.15) is 0 Å². The first-order valence-electron chi connectivity index (χ1n) is 9.27. The lowest BCUT2D eigenvalue weighted by atomic mass is 9.95. The number of rotatable bonds is 5. The Balaban J connectivity index is 1.42. The molecule has 5 nitrogen and oxygen atoms in total. The molecule has 0 saturated carbocycles. The molecule has 2 bridgehead atoms. The highest BCUT2D eigenvalue weighted by atomic mass is 16.5. The SMILES string of the molecule is COc1ccc(CN2C[C@@H]3CC[C@H](C2)N(Cc2nccn2C)C3)cc1. The Morgan fingerprint density at radius 3 is 2.64 bits per heavy atom. The number of benzene rings is 1. The van der Waals surface area contributed by atoms with E-state index in [4.69, 9.17) is 4.74 Å². The molecule has 3 fully saturated rings. The van der Waals surface area contributed by atoms with E-state index in [-0.39, 0.29) is 0 Å². The topological polar surface area (TPSA) is 33.5 Å². The van der Waals surface area contributed by atoms with E-state index < -0.39 is 0 Å². The quantitative estimate of drug-likeness (QED) is 0.837. The number of aromatic nitrogens is 2. The molecule has 5 heteroatoms. The monoisotopic (exact) mass is 340 g/mol. The molecule has 134 valence electrons. The molecule has 1 aromatic carbocycles. The second kappa shape index (κ2) is 7.18. The molecule has 0 N–H and O–H groups in total. The van der Waals surface area contributed by atoms with Gasteiger partial charge in [0.15, 0.2) is 0 Å². The first kappa shape index (κ1) is 16.6. The maximum absolute atomic E-state index is 5.27. The van der Waals surface area contributed by atoms with Crippen molar-refractivity contribution in [3.63, 3.8) is 0 Å². The maximum Gasteiger partial charge on any atom is 0.122 e. The summed E-state index contributed by atoms with van der Waals surface area (Å²) in [7, 11) is 3.81. The smallest absolute Gasteiger partial charge is 0.122 e. The lowest BCUT2D eigenvalue weighted by Crippen LogP contribution is -2.43. The number of fused-ring (bicyclic) bond motifs is 4. The second-order valence-corrected chi connectivity index (χ2v) is 7.52. The molecule has 2 atom stereocenters. The number of nitrogens with zero attached hydrogens (tertiary/aromatic N) is 4. The summed E-state index contributed by atoms with van der Waals surface area (Å²) in [4.78, 5) is 9.82. The fourth-order valence-corrected chi connectivity index (χ4v) is 4.32. The first-order valence-corrected chi connectivity index (χ1v) is 9.27. The number of piperidine rings is 1. The highest BCUT2D eigenvalue weighted by Crippen LogP contribution is 2.29. The third-order valence-corrected chi connectivity index (χ3v) is 5.73. The minimum atomic E-state index is 0.647. The summed E-state index contributed by atoms with van der Waals surface area (Å²) in [5.41, 5.74) is 1.37. The minimum absolute atomic E-state index is 0.647. The van der Waals surface area contributed by atoms with Crippen LogP contribution in [0.25, 0.3) is 0 Å². The molecule has 0 amide bonds. The van der Waals surface area contributed by atoms with E-state index in [1.165, 1.54) is 37.3 Å². The first-order chi connectivity index (χ1) is 12.2. The van der Waals surface area contributed by atoms with E-state index in [1.54, 1.807) is 7.11 Å². The summed E-state index contributed by atoms with van der Waals surface area (Å²) >= 11 is 0. The second-order valence-electron chi connectivity index (χ2n) is 7.52. The number of hydrogen-bond acceptors (Lipinski definition) is 4. The van der Waals surface area contributed by atoms with E-state index in [2.05, 4.69) is 50.7 Å². The van der Waals surface area contributed by atoms with Gasteiger partial charge in [-0.3, -0.25) is 9.80 Å². The van der Waals surface area contributed by atoms with Crippen LogP contribution in [0.2, 0.25) is 0 Å². The van der Waals surface area contributed by atoms with Gasteiger partial charge in [-0.05, 0) is 36.5 Å². The number of ether oxygens (including phenoxy) is 1. The van der Waals surface area contributed by atoms with E-state index in [9.17, 15) is 0 Å². The Morgan fingerprint density at radius 2 is 1.92 bits per heavy atom. The number of methoxy groups -OCH3 is 1. The van der Waals surface area contributed by atoms with Gasteiger partial charge in [-0.25, -0.2) is 4.98 Å². The largest absolute Gasteiger partial charge is 0.497 e. The van der Waals surface area contributed by atoms with Crippen molar-refractivity contribution < 1.29 is 4.74 Å². The summed E-state index contributed by atoms with van der Waals surface area (Å²) in [5, 5.41) is 0. The third kappa shape index (κ3) is 3.72. The highest BCUT2D eigenvalue weighted by Gasteiger charge is 2.35. The van der Waals surface area contributed by atoms with Gasteiger partial charge in [0.25, 0.3) is 0 Å². The summed E-state index contributed by atoms with van der Waals surface area (Å²) < 4.78 is 7.42. The molecule has 0 radical (unpaired) electrons. The van der Waals surface area contributed by atoms with Gasteiger partial charge in [-0.15, -0.1) is 0 Å². The van der Waals surface area contributed by atoms with Crippen LogP contribution in [0.3, 0.4) is 0 Å². The van der Waals surface area contributed by atoms with Crippen LogP contribution in [0, 0.1) is 5.92 Å². The van der Waals surface area contributed by atoms with E-state index >= 15 is 0 Å². The molecular weight excluding hydrogens is 312 g/mol. The Kier molecular flexibility index (Phi) is 4.77. The van der Waals surface area contributed by atoms with Crippen molar-refractivity contribution in [1.29, 1.82) is 0 Å². The average molecular weight is 340 g/mol. The Hall–Kier alpha value is -1.85. The lowest BCUT2D eigenvalue weighted by Gasteiger charge is -2.35. The lowest BCUT2D eigenvalue weighted by molar-refractivity contribution is 0.119. The van der Waals surface area contributed by atoms with Crippen molar-refractivity contribution in [3.8, 4) is 5.75 Å². The van der Waals surface area contributed by atoms with Crippen LogP contribution in [0.4, 0.5) is 0 Å². The molecule has 0 unspecified atom stereocenters. The van der Waals surface area contributed by atoms with Crippen LogP contribution >= 0.6 is 0 Å². The maximum atomic E-state index is 5.27. The molecule has 1 aromatic heterocycles. The van der Waals surface area contributed by atoms with Crippen LogP contribution in [-0.2, 0) is 20.1 Å². The highest BCUT2D eigenvalue weighted by molar-refractivity contribution is 5.27. The normalized spacial score (nSPS) is 24.4. The van der Waals surface area contributed by atoms with E-state index in [0.29, 0.717) is 6.04 Å². The van der Waals surface area contributed by atoms with Crippen LogP contribution in [0.5, 0.6) is 5.75 Å². The van der Waals surface area contributed by atoms with Crippen molar-refractivity contribution in [1.82, 2.24) is 19.4 Å². The predicted octanol–water partition coefficient (Wildman–Crippen LogP) is 2.53. The third-order valence-electron chi connectivity index (χ3n) is 5.73. The van der Waals surface area contributed by atoms with Gasteiger partial charge in [0, 0.05) is 51.7 Å². The molecular formula is C20H28N4O. The summed E-state index contributed by atoms with van der Waals surface area (Å²) in [6, 6.07) is 9.16. The van der Waals surface area contributed by atoms with Crippen LogP contribution in [0.1, 0.15) is 24.2 Å². The van der Waals surface area contributed by atoms with Crippen LogP contribution < -0.4 is 4.74 Å². The van der Waals surface area contributed by atoms with E-state index in [0.717, 1.165) is 31.3 Å². The zero-order chi connectivity index (χ0) is 17.2. The van der Waals surface area contributed by atoms with Gasteiger partial charge in [-0.1, -0.05) is 12.1 Å². The summed E-state index contributed by atoms with van der Waals surface area (Å²) in [6.45, 7) is 5.58. The van der Waals surface area contributed by atoms with Crippen molar-refractivity contribution in [2.24, 2.45) is 13.0 Å². The minimum Gasteiger partial charge on any atom is -0.497 e. The van der Waals surface area contributed by atoms with Gasteiger partial charge in [0.1, 0.15) is 11.6 Å². The molecule has 25 heavy (non-hydrogen) atoms. The molecule has 5 rings (SSSR count). The van der Waals surface area contributed by atoms with Crippen LogP contribution in [0.15, 0.2) is 36.7 Å². The van der Waals surface area contributed by atoms with Gasteiger partial charge >= 0.3 is 0 Å². The molecule has 3 saturated heterocycles. The summed E-state index contributed by atoms with van der Waals surface area (Å²) in [5.74, 6) is 2.88. The van der Waals surface area contributed by atoms with Gasteiger partial charge in [0.2, 0.25) is 0 Å². The van der Waals surface area contributed by atoms with Crippen molar-refractivity contribution in [2.45, 2.75) is 32.0 Å². The zero-order valence-electron chi connectivity index (χ0n) is 15.3. The molecule has 4 heterocycles. The fourth-order valence-electron chi connectivity index (χ4n) is 4.32. The standard InChI is InChI=1S/C20H28N4O/c1-22-10-9-21-20(22)15-24-13-17-3-6-18(24)14-23(12-17)11-16-4-7-19(25-2)8-5-16/h4-5,7-10,17-18H,3,6,11-15H2,1-2H3/t17-,18+/m0/s1. The predicted molar refractivity (Wildman–Crippen MR) is 98.4 cm³/mol. The Labute approximate surface area is 150 Å². The Morgan fingerprint density at radius 1 is 1.08 bits per heavy atom. The molecule has 2 aromatic rings. The molecule has 3 aliphatic heterocycles. The number of hydrogen-bond donors (Lipinski definition) is 0. The van der Waals surface area contributed by atoms with Crippen molar-refractivity contribution in [2.75, 3.05) is 26.7 Å². The Bertz CT molecular complexity index is 696. The van der Waals surface area contributed by atoms with Crippen LogP contribution in [-0.4, -0.2) is 52.1 Å². The number of imidazole rings is 1. The molecule has 0 spiro atoms. The van der Waals surface area contributed by atoms with Crippen molar-refractivity contribution in [3.05, 3.63) is 48.0 Å². The number of aryl methyl sites for hydroxylation is 1. The fraction of sp³-hybridized carbons (Fsp3) is 0.550. The van der Waals surface area contributed by atoms with Gasteiger partial charge < -0.3 is 9.30 Å². The average Bonchev–Trinajstić information content (AvgIpc) is 2.84. The van der Waals surface area contributed by atoms with Crippen molar-refractivity contribution >= 4 is 0 Å². The molecule has 3 aliphatic rings. The summed E-state index contributed by atoms with van der Waals surface area (Å²) in [6.07, 6.45) is 6.62.